The van der Waals surface area contributed by atoms with E-state index in [1.54, 1.807) is 6.20 Å². The minimum absolute atomic E-state index is 0.0997. The molecule has 44 heavy (non-hydrogen) atoms. The number of fused-ring (bicyclic) bond motifs is 1. The molecule has 0 bridgehead atoms. The molecule has 1 unspecified atom stereocenters. The van der Waals surface area contributed by atoms with Crippen LogP contribution in [0.25, 0.3) is 22.2 Å². The van der Waals surface area contributed by atoms with Gasteiger partial charge in [0.2, 0.25) is 14.2 Å². The van der Waals surface area contributed by atoms with Crippen molar-refractivity contribution in [3.8, 4) is 16.9 Å². The molecule has 6 nitrogen and oxygen atoms in total. The molecule has 7 heteroatoms. The number of amides is 1. The molecule has 1 N–H and O–H groups in total. The van der Waals surface area contributed by atoms with Crippen LogP contribution in [0.4, 0.5) is 0 Å². The topological polar surface area (TPSA) is 69.0 Å². The lowest BCUT2D eigenvalue weighted by Crippen LogP contribution is -2.43. The molecule has 1 aliphatic carbocycles. The molecular weight excluding hydrogens is 561 g/mol. The van der Waals surface area contributed by atoms with E-state index in [-0.39, 0.29) is 16.9 Å². The van der Waals surface area contributed by atoms with Crippen molar-refractivity contribution in [3.05, 3.63) is 78.9 Å². The van der Waals surface area contributed by atoms with Gasteiger partial charge in [-0.1, -0.05) is 64.7 Å². The number of rotatable bonds is 13. The van der Waals surface area contributed by atoms with Crippen LogP contribution >= 0.6 is 0 Å². The largest absolute Gasteiger partial charge is 0.543 e. The second-order valence-electron chi connectivity index (χ2n) is 14.0. The van der Waals surface area contributed by atoms with Crippen molar-refractivity contribution >= 4 is 25.3 Å². The summed E-state index contributed by atoms with van der Waals surface area (Å²) in [6.45, 7) is 12.8. The van der Waals surface area contributed by atoms with Crippen LogP contribution in [0.3, 0.4) is 0 Å². The van der Waals surface area contributed by atoms with E-state index in [0.717, 1.165) is 54.9 Å². The summed E-state index contributed by atoms with van der Waals surface area (Å²) in [5.74, 6) is 1.75. The Kier molecular flexibility index (Phi) is 10.2. The minimum atomic E-state index is -1.93. The van der Waals surface area contributed by atoms with Gasteiger partial charge in [-0.15, -0.1) is 0 Å². The molecule has 0 spiro atoms. The zero-order valence-corrected chi connectivity index (χ0v) is 28.3. The van der Waals surface area contributed by atoms with Gasteiger partial charge >= 0.3 is 0 Å². The quantitative estimate of drug-likeness (QED) is 0.121. The van der Waals surface area contributed by atoms with Gasteiger partial charge in [0.1, 0.15) is 11.4 Å². The summed E-state index contributed by atoms with van der Waals surface area (Å²) in [4.78, 5) is 22.4. The molecule has 0 aliphatic heterocycles. The first kappa shape index (κ1) is 32.0. The number of nitrogens with one attached hydrogen (secondary N) is 1. The van der Waals surface area contributed by atoms with Crippen molar-refractivity contribution in [3.63, 3.8) is 0 Å². The summed E-state index contributed by atoms with van der Waals surface area (Å²) in [6, 6.07) is 18.6. The minimum Gasteiger partial charge on any atom is -0.543 e. The van der Waals surface area contributed by atoms with Gasteiger partial charge in [-0.3, -0.25) is 9.78 Å². The Morgan fingerprint density at radius 3 is 2.55 bits per heavy atom. The van der Waals surface area contributed by atoms with E-state index in [4.69, 9.17) is 9.41 Å². The Hall–Kier alpha value is -3.45. The third kappa shape index (κ3) is 7.79. The van der Waals surface area contributed by atoms with Gasteiger partial charge in [0.25, 0.3) is 0 Å². The summed E-state index contributed by atoms with van der Waals surface area (Å²) >= 11 is 0. The Morgan fingerprint density at radius 2 is 1.80 bits per heavy atom. The van der Waals surface area contributed by atoms with E-state index >= 15 is 0 Å². The van der Waals surface area contributed by atoms with E-state index in [2.05, 4.69) is 85.3 Å². The second-order valence-corrected chi connectivity index (χ2v) is 18.8. The molecule has 1 amide bonds. The number of nitrogens with zero attached hydrogens (tertiary/aromatic N) is 3. The van der Waals surface area contributed by atoms with Crippen molar-refractivity contribution in [1.29, 1.82) is 0 Å². The second kappa shape index (κ2) is 14.1. The molecule has 1 aliphatic rings. The number of hydrogen-bond donors (Lipinski definition) is 1. The van der Waals surface area contributed by atoms with Gasteiger partial charge < -0.3 is 14.3 Å². The number of hydrogen-bond acceptors (Lipinski definition) is 4. The van der Waals surface area contributed by atoms with E-state index in [0.29, 0.717) is 12.5 Å². The van der Waals surface area contributed by atoms with E-state index < -0.39 is 8.32 Å². The van der Waals surface area contributed by atoms with Crippen LogP contribution in [0.15, 0.2) is 73.2 Å². The van der Waals surface area contributed by atoms with E-state index in [1.807, 2.05) is 30.5 Å². The van der Waals surface area contributed by atoms with Crippen molar-refractivity contribution in [2.45, 2.75) is 103 Å². The number of aryl methyl sites for hydroxylation is 1. The number of carbonyl (C=O) groups is 1. The molecule has 0 saturated heterocycles. The predicted molar refractivity (Wildman–Crippen MR) is 183 cm³/mol. The smallest absolute Gasteiger partial charge is 0.250 e. The first-order valence-corrected chi connectivity index (χ1v) is 19.4. The number of unbranched alkanes of at least 4 members (excludes halogenated alkanes) is 2. The number of pyridine rings is 2. The molecule has 234 valence electrons. The Labute approximate surface area is 264 Å². The molecular formula is C37H50N4O2Si. The lowest BCUT2D eigenvalue weighted by atomic mass is 9.85. The zero-order chi connectivity index (χ0) is 31.2. The highest BCUT2D eigenvalue weighted by atomic mass is 28.4. The molecule has 1 saturated carbocycles. The fourth-order valence-electron chi connectivity index (χ4n) is 6.27. The summed E-state index contributed by atoms with van der Waals surface area (Å²) in [5, 5.41) is 4.50. The maximum absolute atomic E-state index is 13.3. The maximum atomic E-state index is 13.3. The fourth-order valence-corrected chi connectivity index (χ4v) is 7.30. The van der Waals surface area contributed by atoms with Crippen molar-refractivity contribution in [1.82, 2.24) is 19.9 Å². The molecule has 0 radical (unpaired) electrons. The first-order chi connectivity index (χ1) is 21.1. The van der Waals surface area contributed by atoms with Crippen molar-refractivity contribution < 1.29 is 9.22 Å². The highest BCUT2D eigenvalue weighted by Crippen LogP contribution is 2.39. The van der Waals surface area contributed by atoms with Gasteiger partial charge in [-0.05, 0) is 91.7 Å². The Balaban J connectivity index is 1.21. The average molecular weight is 611 g/mol. The van der Waals surface area contributed by atoms with Crippen LogP contribution in [0.2, 0.25) is 18.1 Å². The van der Waals surface area contributed by atoms with Gasteiger partial charge in [-0.25, -0.2) is 4.98 Å². The monoisotopic (exact) mass is 610 g/mol. The van der Waals surface area contributed by atoms with Crippen LogP contribution < -0.4 is 9.74 Å². The van der Waals surface area contributed by atoms with Gasteiger partial charge in [0.05, 0.1) is 12.2 Å². The molecule has 3 heterocycles. The molecule has 1 aromatic carbocycles. The van der Waals surface area contributed by atoms with Gasteiger partial charge in [0.15, 0.2) is 0 Å². The summed E-state index contributed by atoms with van der Waals surface area (Å²) in [6.07, 6.45) is 14.9. The predicted octanol–water partition coefficient (Wildman–Crippen LogP) is 9.17. The SMILES string of the molecule is CC(C)(C)[Si](C)(C)Oc1cccc(-c2cn(CCCCCC(C(=O)NCc3ccccn3)C3CCCC3)c3ncccc23)c1. The molecule has 4 aromatic rings. The van der Waals surface area contributed by atoms with Crippen molar-refractivity contribution in [2.24, 2.45) is 11.8 Å². The van der Waals surface area contributed by atoms with Crippen LogP contribution in [0.1, 0.15) is 77.8 Å². The fraction of sp³-hybridized carbons (Fsp3) is 0.486. The third-order valence-electron chi connectivity index (χ3n) is 9.85. The Bertz CT molecular complexity index is 1520. The van der Waals surface area contributed by atoms with E-state index in [9.17, 15) is 4.79 Å². The van der Waals surface area contributed by atoms with Gasteiger partial charge in [0, 0.05) is 42.0 Å². The van der Waals surface area contributed by atoms with E-state index in [1.165, 1.54) is 36.6 Å². The highest BCUT2D eigenvalue weighted by molar-refractivity contribution is 6.74. The first-order valence-electron chi connectivity index (χ1n) is 16.5. The highest BCUT2D eigenvalue weighted by Gasteiger charge is 2.39. The normalized spacial score (nSPS) is 15.0. The lowest BCUT2D eigenvalue weighted by Gasteiger charge is -2.36. The van der Waals surface area contributed by atoms with Crippen molar-refractivity contribution in [2.75, 3.05) is 0 Å². The molecule has 5 rings (SSSR count). The molecule has 3 aromatic heterocycles. The number of aromatic nitrogens is 3. The Morgan fingerprint density at radius 1 is 1.00 bits per heavy atom. The van der Waals surface area contributed by atoms with Crippen LogP contribution in [0.5, 0.6) is 5.75 Å². The number of carbonyl (C=O) groups excluding carboxylic acids is 1. The molecule has 1 fully saturated rings. The lowest BCUT2D eigenvalue weighted by molar-refractivity contribution is -0.127. The third-order valence-corrected chi connectivity index (χ3v) is 14.2. The van der Waals surface area contributed by atoms with Crippen LogP contribution in [-0.2, 0) is 17.9 Å². The van der Waals surface area contributed by atoms with Gasteiger partial charge in [-0.2, -0.15) is 0 Å². The summed E-state index contributed by atoms with van der Waals surface area (Å²) in [7, 11) is -1.93. The zero-order valence-electron chi connectivity index (χ0n) is 27.3. The average Bonchev–Trinajstić information content (AvgIpc) is 3.66. The molecule has 1 atom stereocenters. The number of benzene rings is 1. The van der Waals surface area contributed by atoms with Crippen LogP contribution in [-0.4, -0.2) is 28.8 Å². The summed E-state index contributed by atoms with van der Waals surface area (Å²) in [5.41, 5.74) is 4.29. The van der Waals surface area contributed by atoms with Crippen LogP contribution in [0, 0.1) is 11.8 Å². The standard InChI is InChI=1S/C37H50N4O2Si/c1-37(2,3)44(4,5)43-31-19-13-17-29(25-31)34-27-41(35-33(34)21-14-23-39-35)24-12-6-7-20-32(28-15-8-9-16-28)36(42)40-26-30-18-10-11-22-38-30/h10-11,13-14,17-19,21-23,25,27-28,32H,6-9,12,15-16,20,24,26H2,1-5H3,(H,40,42). The maximum Gasteiger partial charge on any atom is 0.250 e. The summed E-state index contributed by atoms with van der Waals surface area (Å²) < 4.78 is 8.94.